The van der Waals surface area contributed by atoms with E-state index < -0.39 is 0 Å². The highest BCUT2D eigenvalue weighted by molar-refractivity contribution is 5.76. The van der Waals surface area contributed by atoms with Gasteiger partial charge >= 0.3 is 0 Å². The third-order valence-corrected chi connectivity index (χ3v) is 2.79. The fourth-order valence-electron chi connectivity index (χ4n) is 1.83. The van der Waals surface area contributed by atoms with Crippen molar-refractivity contribution < 1.29 is 4.42 Å². The number of aromatic nitrogens is 1. The second-order valence-electron chi connectivity index (χ2n) is 5.39. The van der Waals surface area contributed by atoms with E-state index >= 15 is 0 Å². The van der Waals surface area contributed by atoms with Gasteiger partial charge in [0.25, 0.3) is 0 Å². The molecule has 0 fully saturated rings. The molecule has 18 heavy (non-hydrogen) atoms. The number of hydrogen-bond donors (Lipinski definition) is 1. The Morgan fingerprint density at radius 2 is 2.17 bits per heavy atom. The van der Waals surface area contributed by atoms with Crippen LogP contribution in [0.5, 0.6) is 0 Å². The molecule has 0 saturated carbocycles. The molecule has 0 amide bonds. The van der Waals surface area contributed by atoms with Gasteiger partial charge in [-0.3, -0.25) is 0 Å². The molecule has 2 rings (SSSR count). The number of nitrogens with two attached hydrogens (primary N) is 1. The first kappa shape index (κ1) is 12.8. The monoisotopic (exact) mass is 244 g/mol. The summed E-state index contributed by atoms with van der Waals surface area (Å²) in [6.07, 6.45) is 6.21. The molecule has 2 aromatic rings. The zero-order valence-corrected chi connectivity index (χ0v) is 11.2. The minimum absolute atomic E-state index is 0.101. The van der Waals surface area contributed by atoms with Gasteiger partial charge in [0.2, 0.25) is 0 Å². The molecular formula is C15H20N2O. The predicted octanol–water partition coefficient (Wildman–Crippen LogP) is 3.67. The Morgan fingerprint density at radius 1 is 1.39 bits per heavy atom. The van der Waals surface area contributed by atoms with Crippen LogP contribution in [0.3, 0.4) is 0 Å². The lowest BCUT2D eigenvalue weighted by Gasteiger charge is -2.16. The summed E-state index contributed by atoms with van der Waals surface area (Å²) < 4.78 is 5.50. The van der Waals surface area contributed by atoms with E-state index in [-0.39, 0.29) is 5.54 Å². The number of rotatable bonds is 4. The second-order valence-corrected chi connectivity index (χ2v) is 5.39. The lowest BCUT2D eigenvalue weighted by atomic mass is 10.00. The number of oxazole rings is 1. The zero-order chi connectivity index (χ0) is 13.2. The Morgan fingerprint density at radius 3 is 2.89 bits per heavy atom. The van der Waals surface area contributed by atoms with E-state index in [0.29, 0.717) is 5.89 Å². The highest BCUT2D eigenvalue weighted by atomic mass is 16.3. The zero-order valence-electron chi connectivity index (χ0n) is 11.2. The van der Waals surface area contributed by atoms with Crippen molar-refractivity contribution in [3.63, 3.8) is 0 Å². The minimum atomic E-state index is -0.101. The molecule has 0 atom stereocenters. The highest BCUT2D eigenvalue weighted by Crippen LogP contribution is 2.18. The summed E-state index contributed by atoms with van der Waals surface area (Å²) in [6, 6.07) is 6.05. The van der Waals surface area contributed by atoms with E-state index in [2.05, 4.69) is 17.1 Å². The van der Waals surface area contributed by atoms with E-state index in [4.69, 9.17) is 10.2 Å². The van der Waals surface area contributed by atoms with Gasteiger partial charge in [-0.1, -0.05) is 18.2 Å². The molecule has 1 aromatic heterocycles. The lowest BCUT2D eigenvalue weighted by Crippen LogP contribution is -2.31. The third kappa shape index (κ3) is 3.44. The molecule has 96 valence electrons. The molecule has 1 heterocycles. The van der Waals surface area contributed by atoms with Gasteiger partial charge in [0.05, 0.1) is 0 Å². The van der Waals surface area contributed by atoms with Crippen LogP contribution in [0.15, 0.2) is 28.7 Å². The number of allylic oxidation sites excluding steroid dienone is 1. The largest absolute Gasteiger partial charge is 0.441 e. The first-order valence-electron chi connectivity index (χ1n) is 6.27. The van der Waals surface area contributed by atoms with Crippen LogP contribution in [0.4, 0.5) is 0 Å². The summed E-state index contributed by atoms with van der Waals surface area (Å²) in [4.78, 5) is 4.28. The first-order valence-corrected chi connectivity index (χ1v) is 6.27. The van der Waals surface area contributed by atoms with Crippen LogP contribution in [0.2, 0.25) is 0 Å². The normalized spacial score (nSPS) is 12.7. The van der Waals surface area contributed by atoms with Crippen molar-refractivity contribution in [1.82, 2.24) is 4.98 Å². The van der Waals surface area contributed by atoms with Gasteiger partial charge in [0.1, 0.15) is 5.52 Å². The number of benzene rings is 1. The quantitative estimate of drug-likeness (QED) is 0.892. The van der Waals surface area contributed by atoms with Crippen LogP contribution < -0.4 is 5.73 Å². The molecular weight excluding hydrogens is 224 g/mol. The van der Waals surface area contributed by atoms with Crippen molar-refractivity contribution in [3.05, 3.63) is 35.7 Å². The molecule has 0 aliphatic rings. The summed E-state index contributed by atoms with van der Waals surface area (Å²) in [5, 5.41) is 0. The number of hydrogen-bond acceptors (Lipinski definition) is 3. The van der Waals surface area contributed by atoms with Crippen molar-refractivity contribution in [2.75, 3.05) is 0 Å². The summed E-state index contributed by atoms with van der Waals surface area (Å²) in [6.45, 7) is 5.95. The number of aryl methyl sites for hydroxylation is 1. The molecule has 0 radical (unpaired) electrons. The number of fused-ring (bicyclic) bond motifs is 1. The lowest BCUT2D eigenvalue weighted by molar-refractivity contribution is 0.482. The topological polar surface area (TPSA) is 52.0 Å². The van der Waals surface area contributed by atoms with Gasteiger partial charge in [-0.15, -0.1) is 0 Å². The van der Waals surface area contributed by atoms with Crippen LogP contribution in [-0.2, 0) is 0 Å². The molecule has 0 unspecified atom stereocenters. The van der Waals surface area contributed by atoms with Gasteiger partial charge < -0.3 is 10.2 Å². The average molecular weight is 244 g/mol. The molecule has 0 spiro atoms. The van der Waals surface area contributed by atoms with Gasteiger partial charge in [0.15, 0.2) is 11.5 Å². The minimum Gasteiger partial charge on any atom is -0.441 e. The Bertz CT molecular complexity index is 561. The Kier molecular flexibility index (Phi) is 3.53. The van der Waals surface area contributed by atoms with Gasteiger partial charge in [-0.25, -0.2) is 4.98 Å². The van der Waals surface area contributed by atoms with Crippen LogP contribution in [-0.4, -0.2) is 10.5 Å². The van der Waals surface area contributed by atoms with Gasteiger partial charge in [-0.2, -0.15) is 0 Å². The maximum absolute atomic E-state index is 5.93. The predicted molar refractivity (Wildman–Crippen MR) is 75.3 cm³/mol. The van der Waals surface area contributed by atoms with Crippen molar-refractivity contribution in [2.24, 2.45) is 5.73 Å². The summed E-state index contributed by atoms with van der Waals surface area (Å²) in [5.41, 5.74) is 8.72. The Labute approximate surface area is 108 Å². The van der Waals surface area contributed by atoms with E-state index in [1.54, 1.807) is 0 Å². The fourth-order valence-corrected chi connectivity index (χ4v) is 1.83. The second kappa shape index (κ2) is 4.94. The maximum atomic E-state index is 5.93. The SMILES string of the molecule is Cc1nc2ccc(/C=C/CCC(C)(C)N)cc2o1. The molecule has 3 heteroatoms. The van der Waals surface area contributed by atoms with Crippen molar-refractivity contribution >= 4 is 17.2 Å². The van der Waals surface area contributed by atoms with Crippen molar-refractivity contribution in [2.45, 2.75) is 39.2 Å². The van der Waals surface area contributed by atoms with Crippen LogP contribution in [0, 0.1) is 6.92 Å². The van der Waals surface area contributed by atoms with E-state index in [1.165, 1.54) is 0 Å². The van der Waals surface area contributed by atoms with E-state index in [1.807, 2.05) is 39.0 Å². The Hall–Kier alpha value is -1.61. The molecule has 3 nitrogen and oxygen atoms in total. The van der Waals surface area contributed by atoms with E-state index in [0.717, 1.165) is 29.5 Å². The fraction of sp³-hybridized carbons (Fsp3) is 0.400. The van der Waals surface area contributed by atoms with Crippen LogP contribution >= 0.6 is 0 Å². The Balaban J connectivity index is 2.05. The smallest absolute Gasteiger partial charge is 0.192 e. The van der Waals surface area contributed by atoms with Gasteiger partial charge in [-0.05, 0) is 44.4 Å². The van der Waals surface area contributed by atoms with Gasteiger partial charge in [0, 0.05) is 12.5 Å². The third-order valence-electron chi connectivity index (χ3n) is 2.79. The molecule has 1 aromatic carbocycles. The van der Waals surface area contributed by atoms with E-state index in [9.17, 15) is 0 Å². The maximum Gasteiger partial charge on any atom is 0.192 e. The van der Waals surface area contributed by atoms with Crippen LogP contribution in [0.1, 0.15) is 38.1 Å². The molecule has 0 aliphatic heterocycles. The first-order chi connectivity index (χ1) is 8.44. The average Bonchev–Trinajstić information content (AvgIpc) is 2.62. The number of nitrogens with zero attached hydrogens (tertiary/aromatic N) is 1. The molecule has 0 aliphatic carbocycles. The molecule has 2 N–H and O–H groups in total. The summed E-state index contributed by atoms with van der Waals surface area (Å²) in [7, 11) is 0. The standard InChI is InChI=1S/C15H20N2O/c1-11-17-13-8-7-12(10-14(13)18-11)6-4-5-9-15(2,3)16/h4,6-8,10H,5,9,16H2,1-3H3/b6-4+. The summed E-state index contributed by atoms with van der Waals surface area (Å²) >= 11 is 0. The summed E-state index contributed by atoms with van der Waals surface area (Å²) in [5.74, 6) is 0.705. The highest BCUT2D eigenvalue weighted by Gasteiger charge is 2.07. The van der Waals surface area contributed by atoms with Crippen molar-refractivity contribution in [1.29, 1.82) is 0 Å². The van der Waals surface area contributed by atoms with Crippen molar-refractivity contribution in [3.8, 4) is 0 Å². The molecule has 0 saturated heterocycles. The van der Waals surface area contributed by atoms with Crippen LogP contribution in [0.25, 0.3) is 17.2 Å². The molecule has 0 bridgehead atoms.